The molecular formula is C12H11BrF2N2O. The molecule has 0 radical (unpaired) electrons. The number of alkyl halides is 3. The van der Waals surface area contributed by atoms with E-state index >= 15 is 0 Å². The van der Waals surface area contributed by atoms with Crippen LogP contribution in [0.4, 0.5) is 8.78 Å². The average molecular weight is 317 g/mol. The van der Waals surface area contributed by atoms with Gasteiger partial charge in [0.1, 0.15) is 0 Å². The Hall–Kier alpha value is -1.48. The molecule has 3 nitrogen and oxygen atoms in total. The van der Waals surface area contributed by atoms with Crippen LogP contribution >= 0.6 is 15.9 Å². The number of nitriles is 1. The molecule has 0 aliphatic rings. The van der Waals surface area contributed by atoms with Gasteiger partial charge in [-0.05, 0) is 18.2 Å². The zero-order valence-corrected chi connectivity index (χ0v) is 11.0. The first-order valence-corrected chi connectivity index (χ1v) is 6.34. The van der Waals surface area contributed by atoms with E-state index in [4.69, 9.17) is 5.26 Å². The van der Waals surface area contributed by atoms with Gasteiger partial charge in [-0.1, -0.05) is 22.0 Å². The molecular weight excluding hydrogens is 306 g/mol. The maximum absolute atomic E-state index is 12.4. The lowest BCUT2D eigenvalue weighted by Crippen LogP contribution is -2.36. The summed E-state index contributed by atoms with van der Waals surface area (Å²) >= 11 is 3.12. The lowest BCUT2D eigenvalue weighted by atomic mass is 10.1. The number of rotatable bonds is 5. The normalized spacial score (nSPS) is 10.2. The van der Waals surface area contributed by atoms with Crippen LogP contribution in [0, 0.1) is 11.3 Å². The standard InChI is InChI=1S/C12H11BrF2N2O/c13-4-5-17(8-11(14)15)12(18)10-3-1-2-9(6-10)7-16/h1-3,6,11H,4-5,8H2. The Morgan fingerprint density at radius 2 is 2.22 bits per heavy atom. The zero-order chi connectivity index (χ0) is 13.5. The second-order valence-corrected chi connectivity index (χ2v) is 4.32. The summed E-state index contributed by atoms with van der Waals surface area (Å²) in [7, 11) is 0. The number of carbonyl (C=O) groups excluding carboxylic acids is 1. The van der Waals surface area contributed by atoms with Crippen molar-refractivity contribution in [1.29, 1.82) is 5.26 Å². The van der Waals surface area contributed by atoms with Crippen LogP contribution in [0.2, 0.25) is 0 Å². The van der Waals surface area contributed by atoms with Crippen molar-refractivity contribution in [3.05, 3.63) is 35.4 Å². The van der Waals surface area contributed by atoms with Gasteiger partial charge in [0.2, 0.25) is 0 Å². The largest absolute Gasteiger partial charge is 0.332 e. The number of hydrogen-bond donors (Lipinski definition) is 0. The van der Waals surface area contributed by atoms with Crippen LogP contribution in [0.1, 0.15) is 15.9 Å². The maximum Gasteiger partial charge on any atom is 0.255 e. The first kappa shape index (κ1) is 14.6. The van der Waals surface area contributed by atoms with Crippen LogP contribution in [0.15, 0.2) is 24.3 Å². The topological polar surface area (TPSA) is 44.1 Å². The van der Waals surface area contributed by atoms with Gasteiger partial charge in [-0.25, -0.2) is 8.78 Å². The van der Waals surface area contributed by atoms with Crippen molar-refractivity contribution in [2.75, 3.05) is 18.4 Å². The fourth-order valence-electron chi connectivity index (χ4n) is 1.45. The van der Waals surface area contributed by atoms with Crippen molar-refractivity contribution < 1.29 is 13.6 Å². The predicted octanol–water partition coefficient (Wildman–Crippen LogP) is 2.66. The van der Waals surface area contributed by atoms with Crippen molar-refractivity contribution in [3.8, 4) is 6.07 Å². The summed E-state index contributed by atoms with van der Waals surface area (Å²) in [6.07, 6.45) is -2.58. The Morgan fingerprint density at radius 3 is 2.78 bits per heavy atom. The highest BCUT2D eigenvalue weighted by Gasteiger charge is 2.19. The van der Waals surface area contributed by atoms with Crippen molar-refractivity contribution in [2.24, 2.45) is 0 Å². The van der Waals surface area contributed by atoms with E-state index in [9.17, 15) is 13.6 Å². The predicted molar refractivity (Wildman–Crippen MR) is 66.9 cm³/mol. The number of amides is 1. The van der Waals surface area contributed by atoms with Crippen LogP contribution in [-0.2, 0) is 0 Å². The molecule has 0 aliphatic carbocycles. The van der Waals surface area contributed by atoms with Gasteiger partial charge in [-0.2, -0.15) is 5.26 Å². The van der Waals surface area contributed by atoms with Crippen molar-refractivity contribution >= 4 is 21.8 Å². The number of benzene rings is 1. The third kappa shape index (κ3) is 4.08. The van der Waals surface area contributed by atoms with Gasteiger partial charge in [-0.15, -0.1) is 0 Å². The molecule has 0 heterocycles. The molecule has 18 heavy (non-hydrogen) atoms. The van der Waals surface area contributed by atoms with Crippen LogP contribution < -0.4 is 0 Å². The fourth-order valence-corrected chi connectivity index (χ4v) is 1.88. The number of carbonyl (C=O) groups is 1. The second kappa shape index (κ2) is 7.07. The Bertz CT molecular complexity index is 460. The van der Waals surface area contributed by atoms with E-state index in [2.05, 4.69) is 15.9 Å². The number of nitrogens with zero attached hydrogens (tertiary/aromatic N) is 2. The van der Waals surface area contributed by atoms with Gasteiger partial charge in [0.15, 0.2) is 0 Å². The molecule has 0 atom stereocenters. The molecule has 96 valence electrons. The molecule has 0 fully saturated rings. The minimum atomic E-state index is -2.58. The summed E-state index contributed by atoms with van der Waals surface area (Å²) in [5, 5.41) is 9.15. The summed E-state index contributed by atoms with van der Waals surface area (Å²) in [5.41, 5.74) is 0.576. The second-order valence-electron chi connectivity index (χ2n) is 3.52. The fraction of sp³-hybridized carbons (Fsp3) is 0.333. The molecule has 1 aromatic carbocycles. The van der Waals surface area contributed by atoms with Gasteiger partial charge >= 0.3 is 0 Å². The molecule has 0 aromatic heterocycles. The minimum absolute atomic E-state index is 0.194. The monoisotopic (exact) mass is 316 g/mol. The van der Waals surface area contributed by atoms with E-state index in [1.807, 2.05) is 6.07 Å². The summed E-state index contributed by atoms with van der Waals surface area (Å²) in [6, 6.07) is 7.92. The zero-order valence-electron chi connectivity index (χ0n) is 9.44. The van der Waals surface area contributed by atoms with E-state index in [0.717, 1.165) is 4.90 Å². The highest BCUT2D eigenvalue weighted by atomic mass is 79.9. The summed E-state index contributed by atoms with van der Waals surface area (Å²) in [5.74, 6) is -0.494. The van der Waals surface area contributed by atoms with E-state index in [-0.39, 0.29) is 12.1 Å². The Balaban J connectivity index is 2.91. The summed E-state index contributed by atoms with van der Waals surface area (Å²) in [4.78, 5) is 13.1. The number of halogens is 3. The molecule has 6 heteroatoms. The highest BCUT2D eigenvalue weighted by Crippen LogP contribution is 2.10. The third-order valence-corrected chi connectivity index (χ3v) is 2.59. The van der Waals surface area contributed by atoms with Crippen molar-refractivity contribution in [3.63, 3.8) is 0 Å². The molecule has 0 N–H and O–H groups in total. The number of hydrogen-bond acceptors (Lipinski definition) is 2. The highest BCUT2D eigenvalue weighted by molar-refractivity contribution is 9.09. The lowest BCUT2D eigenvalue weighted by molar-refractivity contribution is 0.0572. The Labute approximate surface area is 112 Å². The van der Waals surface area contributed by atoms with Gasteiger partial charge in [-0.3, -0.25) is 4.79 Å². The van der Waals surface area contributed by atoms with E-state index in [0.29, 0.717) is 10.9 Å². The van der Waals surface area contributed by atoms with Crippen molar-refractivity contribution in [2.45, 2.75) is 6.43 Å². The minimum Gasteiger partial charge on any atom is -0.332 e. The molecule has 0 aliphatic heterocycles. The SMILES string of the molecule is N#Cc1cccc(C(=O)N(CCBr)CC(F)F)c1. The molecule has 0 spiro atoms. The van der Waals surface area contributed by atoms with Crippen LogP contribution in [0.5, 0.6) is 0 Å². The first-order valence-electron chi connectivity index (χ1n) is 5.22. The molecule has 1 amide bonds. The van der Waals surface area contributed by atoms with Crippen LogP contribution in [0.25, 0.3) is 0 Å². The van der Waals surface area contributed by atoms with Gasteiger partial charge in [0.05, 0.1) is 18.2 Å². The summed E-state index contributed by atoms with van der Waals surface area (Å²) in [6.45, 7) is -0.416. The molecule has 0 saturated heterocycles. The molecule has 0 unspecified atom stereocenters. The average Bonchev–Trinajstić information content (AvgIpc) is 2.37. The summed E-state index contributed by atoms with van der Waals surface area (Å²) < 4.78 is 24.7. The Morgan fingerprint density at radius 1 is 1.50 bits per heavy atom. The first-order chi connectivity index (χ1) is 8.58. The quantitative estimate of drug-likeness (QED) is 0.784. The lowest BCUT2D eigenvalue weighted by Gasteiger charge is -2.21. The Kier molecular flexibility index (Phi) is 5.72. The van der Waals surface area contributed by atoms with Crippen LogP contribution in [0.3, 0.4) is 0 Å². The van der Waals surface area contributed by atoms with E-state index in [1.54, 1.807) is 12.1 Å². The van der Waals surface area contributed by atoms with Gasteiger partial charge in [0.25, 0.3) is 12.3 Å². The van der Waals surface area contributed by atoms with E-state index < -0.39 is 18.9 Å². The van der Waals surface area contributed by atoms with Crippen LogP contribution in [-0.4, -0.2) is 35.7 Å². The smallest absolute Gasteiger partial charge is 0.255 e. The molecule has 0 saturated carbocycles. The molecule has 0 bridgehead atoms. The van der Waals surface area contributed by atoms with Crippen molar-refractivity contribution in [1.82, 2.24) is 4.90 Å². The molecule has 1 rings (SSSR count). The van der Waals surface area contributed by atoms with E-state index in [1.165, 1.54) is 12.1 Å². The molecule has 1 aromatic rings. The maximum atomic E-state index is 12.4. The van der Waals surface area contributed by atoms with Gasteiger partial charge in [0, 0.05) is 17.4 Å². The van der Waals surface area contributed by atoms with Gasteiger partial charge < -0.3 is 4.90 Å². The third-order valence-electron chi connectivity index (χ3n) is 2.24.